The van der Waals surface area contributed by atoms with Gasteiger partial charge < -0.3 is 9.30 Å². The van der Waals surface area contributed by atoms with E-state index in [9.17, 15) is 0 Å². The Morgan fingerprint density at radius 1 is 0.833 bits per heavy atom. The molecule has 4 nitrogen and oxygen atoms in total. The number of rotatable bonds is 3. The second-order valence-electron chi connectivity index (χ2n) is 3.72. The molecular weight excluding hydrogens is 226 g/mol. The lowest BCUT2D eigenvalue weighted by Gasteiger charge is -2.05. The highest BCUT2D eigenvalue weighted by Crippen LogP contribution is 2.19. The Hall–Kier alpha value is -2.62. The first kappa shape index (κ1) is 10.5. The van der Waals surface area contributed by atoms with Gasteiger partial charge in [0.2, 0.25) is 0 Å². The van der Waals surface area contributed by atoms with Crippen molar-refractivity contribution in [3.8, 4) is 17.4 Å². The van der Waals surface area contributed by atoms with Gasteiger partial charge in [0, 0.05) is 30.5 Å². The summed E-state index contributed by atoms with van der Waals surface area (Å²) in [5.74, 6) is 0.720. The zero-order valence-electron chi connectivity index (χ0n) is 9.60. The van der Waals surface area contributed by atoms with Crippen molar-refractivity contribution in [3.63, 3.8) is 0 Å². The standard InChI is InChI=1S/C14H11N3O/c1-2-11-17(10-1)12-4-6-13(7-5-12)18-14-15-8-3-9-16-14/h1-11H. The maximum absolute atomic E-state index is 5.52. The molecule has 3 aromatic rings. The smallest absolute Gasteiger partial charge is 0.321 e. The van der Waals surface area contributed by atoms with Crippen molar-refractivity contribution in [3.05, 3.63) is 67.3 Å². The van der Waals surface area contributed by atoms with Gasteiger partial charge in [-0.2, -0.15) is 0 Å². The normalized spacial score (nSPS) is 10.2. The third kappa shape index (κ3) is 2.22. The minimum Gasteiger partial charge on any atom is -0.424 e. The predicted molar refractivity (Wildman–Crippen MR) is 67.9 cm³/mol. The molecule has 3 rings (SSSR count). The molecule has 2 aromatic heterocycles. The lowest BCUT2D eigenvalue weighted by Crippen LogP contribution is -1.92. The van der Waals surface area contributed by atoms with E-state index >= 15 is 0 Å². The molecule has 0 N–H and O–H groups in total. The Kier molecular flexibility index (Phi) is 2.75. The number of ether oxygens (including phenoxy) is 1. The molecule has 0 aliphatic rings. The molecule has 88 valence electrons. The van der Waals surface area contributed by atoms with Gasteiger partial charge in [-0.25, -0.2) is 9.97 Å². The molecule has 0 spiro atoms. The number of benzene rings is 1. The molecular formula is C14H11N3O. The van der Waals surface area contributed by atoms with Gasteiger partial charge >= 0.3 is 6.01 Å². The second-order valence-corrected chi connectivity index (χ2v) is 3.72. The number of hydrogen-bond donors (Lipinski definition) is 0. The third-order valence-corrected chi connectivity index (χ3v) is 2.49. The van der Waals surface area contributed by atoms with E-state index in [0.717, 1.165) is 11.4 Å². The average molecular weight is 237 g/mol. The molecule has 0 radical (unpaired) electrons. The summed E-state index contributed by atoms with van der Waals surface area (Å²) in [6.07, 6.45) is 7.29. The van der Waals surface area contributed by atoms with Crippen LogP contribution in [0.3, 0.4) is 0 Å². The molecule has 0 bridgehead atoms. The van der Waals surface area contributed by atoms with E-state index in [1.165, 1.54) is 0 Å². The van der Waals surface area contributed by atoms with Crippen LogP contribution in [0.4, 0.5) is 0 Å². The van der Waals surface area contributed by atoms with Crippen molar-refractivity contribution in [2.75, 3.05) is 0 Å². The van der Waals surface area contributed by atoms with Crippen molar-refractivity contribution in [2.45, 2.75) is 0 Å². The first-order chi connectivity index (χ1) is 8.92. The van der Waals surface area contributed by atoms with Crippen LogP contribution in [-0.2, 0) is 0 Å². The van der Waals surface area contributed by atoms with Crippen molar-refractivity contribution in [1.82, 2.24) is 14.5 Å². The average Bonchev–Trinajstić information content (AvgIpc) is 2.95. The van der Waals surface area contributed by atoms with Gasteiger partial charge in [-0.1, -0.05) is 0 Å². The van der Waals surface area contributed by atoms with Gasteiger partial charge in [-0.3, -0.25) is 0 Å². The fourth-order valence-corrected chi connectivity index (χ4v) is 1.64. The number of aromatic nitrogens is 3. The quantitative estimate of drug-likeness (QED) is 0.702. The fourth-order valence-electron chi connectivity index (χ4n) is 1.64. The van der Waals surface area contributed by atoms with E-state index in [4.69, 9.17) is 4.74 Å². The summed E-state index contributed by atoms with van der Waals surface area (Å²) in [6.45, 7) is 0. The Bertz CT molecular complexity index is 603. The van der Waals surface area contributed by atoms with Crippen LogP contribution in [0.5, 0.6) is 11.8 Å². The highest BCUT2D eigenvalue weighted by molar-refractivity contribution is 5.38. The van der Waals surface area contributed by atoms with E-state index in [-0.39, 0.29) is 0 Å². The maximum Gasteiger partial charge on any atom is 0.321 e. The highest BCUT2D eigenvalue weighted by Gasteiger charge is 1.99. The molecule has 0 fully saturated rings. The molecule has 0 unspecified atom stereocenters. The van der Waals surface area contributed by atoms with Gasteiger partial charge in [0.25, 0.3) is 0 Å². The van der Waals surface area contributed by atoms with Crippen LogP contribution in [0.15, 0.2) is 67.3 Å². The van der Waals surface area contributed by atoms with Crippen LogP contribution in [0.25, 0.3) is 5.69 Å². The van der Waals surface area contributed by atoms with Crippen LogP contribution < -0.4 is 4.74 Å². The maximum atomic E-state index is 5.52. The van der Waals surface area contributed by atoms with Gasteiger partial charge in [-0.05, 0) is 42.5 Å². The molecule has 0 saturated heterocycles. The second kappa shape index (κ2) is 4.71. The summed E-state index contributed by atoms with van der Waals surface area (Å²) in [7, 11) is 0. The molecule has 0 aliphatic carbocycles. The molecule has 0 amide bonds. The van der Waals surface area contributed by atoms with E-state index in [2.05, 4.69) is 9.97 Å². The van der Waals surface area contributed by atoms with Gasteiger partial charge in [-0.15, -0.1) is 0 Å². The summed E-state index contributed by atoms with van der Waals surface area (Å²) in [5.41, 5.74) is 1.08. The Morgan fingerprint density at radius 3 is 2.17 bits per heavy atom. The van der Waals surface area contributed by atoms with Crippen molar-refractivity contribution < 1.29 is 4.74 Å². The summed E-state index contributed by atoms with van der Waals surface area (Å²) in [4.78, 5) is 8.02. The summed E-state index contributed by atoms with van der Waals surface area (Å²) in [6, 6.07) is 13.8. The SMILES string of the molecule is c1cnc(Oc2ccc(-n3cccc3)cc2)nc1. The lowest BCUT2D eigenvalue weighted by atomic mass is 10.3. The molecule has 4 heteroatoms. The fraction of sp³-hybridized carbons (Fsp3) is 0. The monoisotopic (exact) mass is 237 g/mol. The minimum atomic E-state index is 0.353. The Morgan fingerprint density at radius 2 is 1.50 bits per heavy atom. The first-order valence-electron chi connectivity index (χ1n) is 5.60. The summed E-state index contributed by atoms with van der Waals surface area (Å²) in [5, 5.41) is 0. The largest absolute Gasteiger partial charge is 0.424 e. The van der Waals surface area contributed by atoms with Crippen LogP contribution in [-0.4, -0.2) is 14.5 Å². The zero-order valence-corrected chi connectivity index (χ0v) is 9.60. The van der Waals surface area contributed by atoms with E-state index < -0.39 is 0 Å². The molecule has 2 heterocycles. The Labute approximate surface area is 105 Å². The lowest BCUT2D eigenvalue weighted by molar-refractivity contribution is 0.441. The number of hydrogen-bond acceptors (Lipinski definition) is 3. The first-order valence-corrected chi connectivity index (χ1v) is 5.60. The van der Waals surface area contributed by atoms with Crippen molar-refractivity contribution in [2.24, 2.45) is 0 Å². The summed E-state index contributed by atoms with van der Waals surface area (Å²) >= 11 is 0. The van der Waals surface area contributed by atoms with Gasteiger partial charge in [0.05, 0.1) is 0 Å². The molecule has 0 saturated carbocycles. The zero-order chi connectivity index (χ0) is 12.2. The van der Waals surface area contributed by atoms with E-state index in [1.54, 1.807) is 18.5 Å². The van der Waals surface area contributed by atoms with Crippen LogP contribution in [0, 0.1) is 0 Å². The summed E-state index contributed by atoms with van der Waals surface area (Å²) < 4.78 is 7.55. The van der Waals surface area contributed by atoms with Crippen molar-refractivity contribution >= 4 is 0 Å². The topological polar surface area (TPSA) is 39.9 Å². The number of nitrogens with zero attached hydrogens (tertiary/aromatic N) is 3. The molecule has 18 heavy (non-hydrogen) atoms. The van der Waals surface area contributed by atoms with Crippen LogP contribution >= 0.6 is 0 Å². The van der Waals surface area contributed by atoms with Gasteiger partial charge in [0.1, 0.15) is 5.75 Å². The molecule has 1 aromatic carbocycles. The van der Waals surface area contributed by atoms with E-state index in [0.29, 0.717) is 6.01 Å². The van der Waals surface area contributed by atoms with Crippen LogP contribution in [0.2, 0.25) is 0 Å². The molecule has 0 atom stereocenters. The third-order valence-electron chi connectivity index (χ3n) is 2.49. The highest BCUT2D eigenvalue weighted by atomic mass is 16.5. The predicted octanol–water partition coefficient (Wildman–Crippen LogP) is 3.06. The van der Waals surface area contributed by atoms with Crippen LogP contribution in [0.1, 0.15) is 0 Å². The minimum absolute atomic E-state index is 0.353. The van der Waals surface area contributed by atoms with Crippen molar-refractivity contribution in [1.29, 1.82) is 0 Å². The molecule has 0 aliphatic heterocycles. The van der Waals surface area contributed by atoms with Gasteiger partial charge in [0.15, 0.2) is 0 Å². The van der Waals surface area contributed by atoms with E-state index in [1.807, 2.05) is 53.4 Å². The Balaban J connectivity index is 1.80.